The lowest BCUT2D eigenvalue weighted by atomic mass is 10.00. The van der Waals surface area contributed by atoms with Crippen LogP contribution >= 0.6 is 12.4 Å². The summed E-state index contributed by atoms with van der Waals surface area (Å²) in [5, 5.41) is 4.08. The molecule has 1 atom stereocenters. The van der Waals surface area contributed by atoms with E-state index in [1.54, 1.807) is 0 Å². The number of carbonyl (C=O) groups is 1. The molecule has 1 aliphatic rings. The highest BCUT2D eigenvalue weighted by molar-refractivity contribution is 6.10. The van der Waals surface area contributed by atoms with Crippen LogP contribution in [0.25, 0.3) is 22.2 Å². The molecule has 1 amide bonds. The van der Waals surface area contributed by atoms with E-state index in [-0.39, 0.29) is 24.4 Å². The van der Waals surface area contributed by atoms with Gasteiger partial charge in [0, 0.05) is 17.5 Å². The van der Waals surface area contributed by atoms with Gasteiger partial charge in [-0.15, -0.1) is 12.4 Å². The van der Waals surface area contributed by atoms with Gasteiger partial charge in [-0.3, -0.25) is 9.69 Å². The quantitative estimate of drug-likeness (QED) is 0.270. The van der Waals surface area contributed by atoms with E-state index in [4.69, 9.17) is 9.72 Å². The zero-order valence-electron chi connectivity index (χ0n) is 21.2. The Morgan fingerprint density at radius 2 is 1.59 bits per heavy atom. The number of aromatic nitrogens is 1. The van der Waals surface area contributed by atoms with Crippen LogP contribution in [-0.2, 0) is 0 Å². The third kappa shape index (κ3) is 6.12. The van der Waals surface area contributed by atoms with Crippen LogP contribution in [0.1, 0.15) is 48.1 Å². The van der Waals surface area contributed by atoms with Crippen LogP contribution in [0.3, 0.4) is 0 Å². The summed E-state index contributed by atoms with van der Waals surface area (Å²) in [6, 6.07) is 27.9. The van der Waals surface area contributed by atoms with Crippen LogP contribution < -0.4 is 10.1 Å². The van der Waals surface area contributed by atoms with Gasteiger partial charge in [-0.25, -0.2) is 4.98 Å². The van der Waals surface area contributed by atoms with Gasteiger partial charge in [0.2, 0.25) is 0 Å². The van der Waals surface area contributed by atoms with Gasteiger partial charge in [-0.1, -0.05) is 85.8 Å². The third-order valence-corrected chi connectivity index (χ3v) is 6.89. The van der Waals surface area contributed by atoms with Crippen LogP contribution in [0.5, 0.6) is 5.75 Å². The summed E-state index contributed by atoms with van der Waals surface area (Å²) in [6.07, 6.45) is 3.26. The van der Waals surface area contributed by atoms with Crippen LogP contribution in [0.2, 0.25) is 0 Å². The Morgan fingerprint density at radius 3 is 2.30 bits per heavy atom. The van der Waals surface area contributed by atoms with Crippen LogP contribution in [0.4, 0.5) is 0 Å². The maximum absolute atomic E-state index is 14.0. The van der Waals surface area contributed by atoms with Gasteiger partial charge in [0.05, 0.1) is 17.1 Å². The molecule has 1 saturated heterocycles. The highest BCUT2D eigenvalue weighted by Gasteiger charge is 2.25. The molecule has 5 nitrogen and oxygen atoms in total. The van der Waals surface area contributed by atoms with Crippen molar-refractivity contribution in [1.82, 2.24) is 15.2 Å². The largest absolute Gasteiger partial charge is 0.489 e. The number of hydrogen-bond acceptors (Lipinski definition) is 4. The van der Waals surface area contributed by atoms with Crippen molar-refractivity contribution in [2.24, 2.45) is 0 Å². The summed E-state index contributed by atoms with van der Waals surface area (Å²) in [7, 11) is 0. The molecular weight excluding hydrogens is 482 g/mol. The van der Waals surface area contributed by atoms with Crippen LogP contribution in [0.15, 0.2) is 84.9 Å². The van der Waals surface area contributed by atoms with Crippen molar-refractivity contribution < 1.29 is 9.53 Å². The molecule has 1 unspecified atom stereocenters. The lowest BCUT2D eigenvalue weighted by Gasteiger charge is -2.22. The van der Waals surface area contributed by atoms with Crippen LogP contribution in [-0.4, -0.2) is 42.0 Å². The van der Waals surface area contributed by atoms with E-state index in [0.29, 0.717) is 23.6 Å². The molecule has 0 aliphatic carbocycles. The molecule has 3 aromatic carbocycles. The zero-order chi connectivity index (χ0) is 24.7. The van der Waals surface area contributed by atoms with E-state index in [2.05, 4.69) is 29.3 Å². The SMILES string of the molecule is CCC(NC(=O)c1c(OCCN2CCCC2)c(-c2ccccc2)nc2ccccc12)c1ccccc1.Cl. The molecule has 1 fully saturated rings. The molecular formula is C31H34ClN3O2. The monoisotopic (exact) mass is 515 g/mol. The number of ether oxygens (including phenoxy) is 1. The number of rotatable bonds is 9. The molecule has 1 aliphatic heterocycles. The van der Waals surface area contributed by atoms with E-state index in [9.17, 15) is 4.79 Å². The van der Waals surface area contributed by atoms with E-state index in [1.807, 2.05) is 72.8 Å². The maximum atomic E-state index is 14.0. The highest BCUT2D eigenvalue weighted by Crippen LogP contribution is 2.37. The summed E-state index contributed by atoms with van der Waals surface area (Å²) >= 11 is 0. The first-order chi connectivity index (χ1) is 17.7. The van der Waals surface area contributed by atoms with Crippen molar-refractivity contribution in [3.63, 3.8) is 0 Å². The lowest BCUT2D eigenvalue weighted by Crippen LogP contribution is -2.30. The standard InChI is InChI=1S/C31H33N3O2.ClH/c1-2-26(23-13-5-3-6-14-23)33-31(35)28-25-17-9-10-18-27(25)32-29(24-15-7-4-8-16-24)30(28)36-22-21-34-19-11-12-20-34;/h3-10,13-18,26H,2,11-12,19-22H2,1H3,(H,33,35);1H. The summed E-state index contributed by atoms with van der Waals surface area (Å²) in [5.41, 5.74) is 4.06. The number of fused-ring (bicyclic) bond motifs is 1. The third-order valence-electron chi connectivity index (χ3n) is 6.89. The average molecular weight is 516 g/mol. The molecule has 0 bridgehead atoms. The molecule has 0 radical (unpaired) electrons. The van der Waals surface area contributed by atoms with Crippen molar-refractivity contribution in [3.05, 3.63) is 96.1 Å². The van der Waals surface area contributed by atoms with E-state index in [0.717, 1.165) is 48.1 Å². The van der Waals surface area contributed by atoms with E-state index < -0.39 is 0 Å². The predicted molar refractivity (Wildman–Crippen MR) is 153 cm³/mol. The molecule has 6 heteroatoms. The maximum Gasteiger partial charge on any atom is 0.256 e. The Labute approximate surface area is 225 Å². The second kappa shape index (κ2) is 12.7. The summed E-state index contributed by atoms with van der Waals surface area (Å²) < 4.78 is 6.47. The highest BCUT2D eigenvalue weighted by atomic mass is 35.5. The summed E-state index contributed by atoms with van der Waals surface area (Å²) in [4.78, 5) is 21.4. The fraction of sp³-hybridized carbons (Fsp3) is 0.290. The number of likely N-dealkylation sites (tertiary alicyclic amines) is 1. The minimum absolute atomic E-state index is 0. The van der Waals surface area contributed by atoms with Gasteiger partial charge in [0.1, 0.15) is 12.3 Å². The Bertz CT molecular complexity index is 1310. The number of para-hydroxylation sites is 1. The minimum atomic E-state index is -0.141. The molecule has 1 aromatic heterocycles. The number of nitrogens with one attached hydrogen (secondary N) is 1. The van der Waals surface area contributed by atoms with Crippen molar-refractivity contribution in [2.45, 2.75) is 32.2 Å². The fourth-order valence-corrected chi connectivity index (χ4v) is 4.97. The van der Waals surface area contributed by atoms with Crippen molar-refractivity contribution in [2.75, 3.05) is 26.2 Å². The predicted octanol–water partition coefficient (Wildman–Crippen LogP) is 6.68. The average Bonchev–Trinajstić information content (AvgIpc) is 3.45. The van der Waals surface area contributed by atoms with Crippen molar-refractivity contribution >= 4 is 29.2 Å². The first kappa shape index (κ1) is 26.6. The molecule has 1 N–H and O–H groups in total. The number of nitrogens with zero attached hydrogens (tertiary/aromatic N) is 2. The number of hydrogen-bond donors (Lipinski definition) is 1. The van der Waals surface area contributed by atoms with Crippen LogP contribution in [0, 0.1) is 0 Å². The topological polar surface area (TPSA) is 54.5 Å². The molecule has 5 rings (SSSR count). The Morgan fingerprint density at radius 1 is 0.946 bits per heavy atom. The Balaban J connectivity index is 0.00000320. The second-order valence-electron chi connectivity index (χ2n) is 9.29. The molecule has 192 valence electrons. The smallest absolute Gasteiger partial charge is 0.256 e. The number of pyridine rings is 1. The zero-order valence-corrected chi connectivity index (χ0v) is 22.0. The first-order valence-electron chi connectivity index (χ1n) is 12.9. The van der Waals surface area contributed by atoms with Gasteiger partial charge < -0.3 is 10.1 Å². The Hall–Kier alpha value is -3.41. The molecule has 0 saturated carbocycles. The van der Waals surface area contributed by atoms with E-state index >= 15 is 0 Å². The molecule has 37 heavy (non-hydrogen) atoms. The lowest BCUT2D eigenvalue weighted by molar-refractivity contribution is 0.0932. The van der Waals surface area contributed by atoms with Gasteiger partial charge >= 0.3 is 0 Å². The number of carbonyl (C=O) groups excluding carboxylic acids is 1. The van der Waals surface area contributed by atoms with Gasteiger partial charge in [0.15, 0.2) is 5.75 Å². The molecule has 4 aromatic rings. The minimum Gasteiger partial charge on any atom is -0.489 e. The summed E-state index contributed by atoms with van der Waals surface area (Å²) in [5.74, 6) is 0.414. The number of halogens is 1. The number of benzene rings is 3. The van der Waals surface area contributed by atoms with Gasteiger partial charge in [0.25, 0.3) is 5.91 Å². The first-order valence-corrected chi connectivity index (χ1v) is 12.9. The van der Waals surface area contributed by atoms with E-state index in [1.165, 1.54) is 12.8 Å². The van der Waals surface area contributed by atoms with Crippen molar-refractivity contribution in [3.8, 4) is 17.0 Å². The molecule has 0 spiro atoms. The van der Waals surface area contributed by atoms with Crippen molar-refractivity contribution in [1.29, 1.82) is 0 Å². The second-order valence-corrected chi connectivity index (χ2v) is 9.29. The normalized spacial score (nSPS) is 14.2. The Kier molecular flexibility index (Phi) is 9.15. The van der Waals surface area contributed by atoms with Gasteiger partial charge in [-0.05, 0) is 44.0 Å². The van der Waals surface area contributed by atoms with Gasteiger partial charge in [-0.2, -0.15) is 0 Å². The molecule has 2 heterocycles. The summed E-state index contributed by atoms with van der Waals surface area (Å²) in [6.45, 7) is 5.64. The fourth-order valence-electron chi connectivity index (χ4n) is 4.97. The number of amides is 1.